The minimum absolute atomic E-state index is 0.234. The van der Waals surface area contributed by atoms with Crippen molar-refractivity contribution in [3.8, 4) is 12.3 Å². The first kappa shape index (κ1) is 14.8. The highest BCUT2D eigenvalue weighted by Gasteiger charge is 2.35. The van der Waals surface area contributed by atoms with Crippen molar-refractivity contribution in [2.24, 2.45) is 0 Å². The van der Waals surface area contributed by atoms with Crippen LogP contribution in [0.15, 0.2) is 16.7 Å². The molecule has 0 aliphatic carbocycles. The van der Waals surface area contributed by atoms with Crippen molar-refractivity contribution in [1.82, 2.24) is 4.98 Å². The fourth-order valence-electron chi connectivity index (χ4n) is 1.42. The van der Waals surface area contributed by atoms with Crippen molar-refractivity contribution in [2.45, 2.75) is 32.0 Å². The Morgan fingerprint density at radius 3 is 2.72 bits per heavy atom. The fourth-order valence-corrected chi connectivity index (χ4v) is 1.75. The lowest BCUT2D eigenvalue weighted by Crippen LogP contribution is -2.21. The van der Waals surface area contributed by atoms with Gasteiger partial charge in [0.05, 0.1) is 11.6 Å². The molecule has 0 aromatic carbocycles. The van der Waals surface area contributed by atoms with Gasteiger partial charge in [-0.15, -0.1) is 6.42 Å². The highest BCUT2D eigenvalue weighted by Crippen LogP contribution is 2.35. The number of hydrogen-bond donors (Lipinski definition) is 1. The molecule has 0 radical (unpaired) electrons. The predicted octanol–water partition coefficient (Wildman–Crippen LogP) is 4.08. The molecule has 0 saturated carbocycles. The second kappa shape index (κ2) is 6.10. The van der Waals surface area contributed by atoms with E-state index in [1.165, 1.54) is 6.20 Å². The average molecular weight is 321 g/mol. The van der Waals surface area contributed by atoms with E-state index < -0.39 is 17.8 Å². The fraction of sp³-hybridized carbons (Fsp3) is 0.417. The Morgan fingerprint density at radius 2 is 2.22 bits per heavy atom. The van der Waals surface area contributed by atoms with Crippen molar-refractivity contribution in [3.05, 3.63) is 22.3 Å². The van der Waals surface area contributed by atoms with E-state index in [4.69, 9.17) is 6.42 Å². The van der Waals surface area contributed by atoms with Gasteiger partial charge in [0.2, 0.25) is 0 Å². The van der Waals surface area contributed by atoms with Crippen LogP contribution in [-0.4, -0.2) is 11.0 Å². The Balaban J connectivity index is 3.05. The number of alkyl halides is 3. The van der Waals surface area contributed by atoms with E-state index in [0.29, 0.717) is 6.42 Å². The molecular weight excluding hydrogens is 309 g/mol. The van der Waals surface area contributed by atoms with Crippen molar-refractivity contribution in [1.29, 1.82) is 0 Å². The number of pyridine rings is 1. The Labute approximate surface area is 112 Å². The molecule has 1 heterocycles. The lowest BCUT2D eigenvalue weighted by Gasteiger charge is -2.17. The number of aromatic nitrogens is 1. The second-order valence-corrected chi connectivity index (χ2v) is 4.62. The highest BCUT2D eigenvalue weighted by atomic mass is 79.9. The molecule has 1 unspecified atom stereocenters. The number of terminal acetylenes is 1. The number of nitrogens with zero attached hydrogens (tertiary/aromatic N) is 1. The number of anilines is 1. The summed E-state index contributed by atoms with van der Waals surface area (Å²) in [6.07, 6.45) is 3.47. The molecule has 18 heavy (non-hydrogen) atoms. The lowest BCUT2D eigenvalue weighted by molar-refractivity contribution is -0.137. The van der Waals surface area contributed by atoms with Gasteiger partial charge in [0.1, 0.15) is 5.82 Å². The van der Waals surface area contributed by atoms with Crippen LogP contribution in [0.25, 0.3) is 0 Å². The third kappa shape index (κ3) is 3.91. The normalized spacial score (nSPS) is 12.9. The molecule has 0 aliphatic rings. The minimum Gasteiger partial charge on any atom is -0.356 e. The molecule has 1 atom stereocenters. The third-order valence-electron chi connectivity index (χ3n) is 2.25. The number of halogens is 4. The first-order chi connectivity index (χ1) is 8.38. The molecule has 1 aromatic rings. The summed E-state index contributed by atoms with van der Waals surface area (Å²) in [5.74, 6) is 2.18. The van der Waals surface area contributed by atoms with Crippen LogP contribution in [0.4, 0.5) is 19.0 Å². The minimum atomic E-state index is -4.47. The summed E-state index contributed by atoms with van der Waals surface area (Å²) >= 11 is 2.97. The zero-order valence-corrected chi connectivity index (χ0v) is 11.3. The standard InChI is InChI=1S/C12H12BrF3N2/c1-3-5-9(4-2)18-11-10(12(14,15)16)6-8(13)7-17-11/h2,6-7,9H,3,5H2,1H3,(H,17,18). The Bertz CT molecular complexity index is 452. The Kier molecular flexibility index (Phi) is 5.03. The van der Waals surface area contributed by atoms with Crippen LogP contribution in [-0.2, 0) is 6.18 Å². The molecule has 1 aromatic heterocycles. The molecule has 2 nitrogen and oxygen atoms in total. The van der Waals surface area contributed by atoms with E-state index in [1.807, 2.05) is 6.92 Å². The number of hydrogen-bond acceptors (Lipinski definition) is 2. The van der Waals surface area contributed by atoms with E-state index in [9.17, 15) is 13.2 Å². The first-order valence-corrected chi connectivity index (χ1v) is 6.13. The molecule has 1 N–H and O–H groups in total. The predicted molar refractivity (Wildman–Crippen MR) is 68.1 cm³/mol. The molecule has 0 aliphatic heterocycles. The van der Waals surface area contributed by atoms with Gasteiger partial charge in [0.15, 0.2) is 0 Å². The van der Waals surface area contributed by atoms with Crippen LogP contribution in [0.3, 0.4) is 0 Å². The lowest BCUT2D eigenvalue weighted by atomic mass is 10.1. The highest BCUT2D eigenvalue weighted by molar-refractivity contribution is 9.10. The summed E-state index contributed by atoms with van der Waals surface area (Å²) in [6, 6.07) is 0.527. The van der Waals surface area contributed by atoms with Crippen molar-refractivity contribution in [3.63, 3.8) is 0 Å². The summed E-state index contributed by atoms with van der Waals surface area (Å²) in [6.45, 7) is 1.91. The molecule has 1 rings (SSSR count). The Hall–Kier alpha value is -1.22. The third-order valence-corrected chi connectivity index (χ3v) is 2.68. The van der Waals surface area contributed by atoms with Crippen LogP contribution in [0.5, 0.6) is 0 Å². The molecule has 98 valence electrons. The van der Waals surface area contributed by atoms with E-state index in [0.717, 1.165) is 12.5 Å². The SMILES string of the molecule is C#CC(CCC)Nc1ncc(Br)cc1C(F)(F)F. The van der Waals surface area contributed by atoms with Crippen molar-refractivity contribution in [2.75, 3.05) is 5.32 Å². The molecule has 0 saturated heterocycles. The maximum absolute atomic E-state index is 12.8. The van der Waals surface area contributed by atoms with E-state index >= 15 is 0 Å². The number of nitrogens with one attached hydrogen (secondary N) is 1. The van der Waals surface area contributed by atoms with Gasteiger partial charge in [-0.2, -0.15) is 13.2 Å². The molecule has 0 bridgehead atoms. The topological polar surface area (TPSA) is 24.9 Å². The summed E-state index contributed by atoms with van der Waals surface area (Å²) in [4.78, 5) is 3.74. The van der Waals surface area contributed by atoms with E-state index in [-0.39, 0.29) is 10.3 Å². The van der Waals surface area contributed by atoms with Gasteiger partial charge in [-0.05, 0) is 28.4 Å². The molecular formula is C12H12BrF3N2. The summed E-state index contributed by atoms with van der Waals surface area (Å²) in [7, 11) is 0. The summed E-state index contributed by atoms with van der Waals surface area (Å²) in [5, 5.41) is 2.64. The van der Waals surface area contributed by atoms with Crippen LogP contribution < -0.4 is 5.32 Å². The number of rotatable bonds is 4. The quantitative estimate of drug-likeness (QED) is 0.846. The van der Waals surface area contributed by atoms with Crippen LogP contribution in [0.2, 0.25) is 0 Å². The Morgan fingerprint density at radius 1 is 1.56 bits per heavy atom. The summed E-state index contributed by atoms with van der Waals surface area (Å²) in [5.41, 5.74) is -0.826. The zero-order chi connectivity index (χ0) is 13.8. The van der Waals surface area contributed by atoms with Gasteiger partial charge in [-0.1, -0.05) is 19.3 Å². The summed E-state index contributed by atoms with van der Waals surface area (Å²) < 4.78 is 38.7. The smallest absolute Gasteiger partial charge is 0.356 e. The van der Waals surface area contributed by atoms with E-state index in [2.05, 4.69) is 32.2 Å². The van der Waals surface area contributed by atoms with Gasteiger partial charge in [0.25, 0.3) is 0 Å². The average Bonchev–Trinajstić information content (AvgIpc) is 2.29. The van der Waals surface area contributed by atoms with Gasteiger partial charge in [-0.3, -0.25) is 0 Å². The van der Waals surface area contributed by atoms with Crippen LogP contribution in [0.1, 0.15) is 25.3 Å². The monoisotopic (exact) mass is 320 g/mol. The molecule has 0 spiro atoms. The molecule has 0 fully saturated rings. The van der Waals surface area contributed by atoms with Crippen molar-refractivity contribution >= 4 is 21.7 Å². The van der Waals surface area contributed by atoms with Gasteiger partial charge < -0.3 is 5.32 Å². The zero-order valence-electron chi connectivity index (χ0n) is 9.68. The largest absolute Gasteiger partial charge is 0.419 e. The maximum atomic E-state index is 12.8. The van der Waals surface area contributed by atoms with Gasteiger partial charge in [0, 0.05) is 10.7 Å². The van der Waals surface area contributed by atoms with Gasteiger partial charge >= 0.3 is 6.18 Å². The molecule has 0 amide bonds. The van der Waals surface area contributed by atoms with E-state index in [1.54, 1.807) is 0 Å². The van der Waals surface area contributed by atoms with Crippen LogP contribution in [0, 0.1) is 12.3 Å². The first-order valence-electron chi connectivity index (χ1n) is 5.34. The molecule has 6 heteroatoms. The van der Waals surface area contributed by atoms with Gasteiger partial charge in [-0.25, -0.2) is 4.98 Å². The second-order valence-electron chi connectivity index (χ2n) is 3.70. The maximum Gasteiger partial charge on any atom is 0.419 e. The van der Waals surface area contributed by atoms with Crippen molar-refractivity contribution < 1.29 is 13.2 Å². The van der Waals surface area contributed by atoms with Crippen LogP contribution >= 0.6 is 15.9 Å².